The summed E-state index contributed by atoms with van der Waals surface area (Å²) in [5, 5.41) is 10.5. The molecule has 7 heteroatoms. The van der Waals surface area contributed by atoms with Crippen molar-refractivity contribution in [2.24, 2.45) is 11.8 Å². The molecule has 1 aromatic rings. The van der Waals surface area contributed by atoms with E-state index >= 15 is 0 Å². The van der Waals surface area contributed by atoms with Crippen LogP contribution in [0.2, 0.25) is 0 Å². The molecular weight excluding hydrogens is 536 g/mol. The van der Waals surface area contributed by atoms with Crippen LogP contribution in [0.25, 0.3) is 0 Å². The van der Waals surface area contributed by atoms with Crippen molar-refractivity contribution in [3.63, 3.8) is 0 Å². The normalized spacial score (nSPS) is 28.8. The quantitative estimate of drug-likeness (QED) is 0.182. The van der Waals surface area contributed by atoms with Crippen LogP contribution in [0.1, 0.15) is 70.0 Å². The number of cyclic esters (lactones) is 1. The molecule has 0 bridgehead atoms. The smallest absolute Gasteiger partial charge is 0.339 e. The van der Waals surface area contributed by atoms with Crippen molar-refractivity contribution in [3.8, 4) is 12.3 Å². The topological polar surface area (TPSA) is 82.1 Å². The summed E-state index contributed by atoms with van der Waals surface area (Å²) in [6, 6.07) is 7.31. The Hall–Kier alpha value is -2.40. The van der Waals surface area contributed by atoms with Crippen molar-refractivity contribution in [3.05, 3.63) is 58.6 Å². The Morgan fingerprint density at radius 3 is 2.78 bits per heavy atom. The first-order chi connectivity index (χ1) is 17.9. The minimum atomic E-state index is -0.997. The van der Waals surface area contributed by atoms with E-state index in [0.29, 0.717) is 31.2 Å². The molecule has 0 amide bonds. The average Bonchev–Trinajstić information content (AvgIpc) is 3.24. The van der Waals surface area contributed by atoms with Crippen LogP contribution in [0.15, 0.2) is 53.0 Å². The number of hydrogen-bond donors (Lipinski definition) is 1. The molecule has 6 nitrogen and oxygen atoms in total. The SMILES string of the molecule is C#CCCCCOC(=O)C(O[C@@H]1/C=C/C(=O)O[C@@H](C)CCC/C=C/[C@@H]2C[C@H](O)C[C@H]21)c1ccc(Br)cc1. The molecule has 1 saturated carbocycles. The molecule has 1 fully saturated rings. The fourth-order valence-electron chi connectivity index (χ4n) is 4.87. The predicted molar refractivity (Wildman–Crippen MR) is 145 cm³/mol. The number of halogens is 1. The highest BCUT2D eigenvalue weighted by atomic mass is 79.9. The van der Waals surface area contributed by atoms with Crippen LogP contribution in [0.3, 0.4) is 0 Å². The molecule has 1 aliphatic heterocycles. The first-order valence-corrected chi connectivity index (χ1v) is 13.9. The predicted octanol–water partition coefficient (Wildman–Crippen LogP) is 5.84. The summed E-state index contributed by atoms with van der Waals surface area (Å²) >= 11 is 3.44. The minimum Gasteiger partial charge on any atom is -0.464 e. The molecule has 200 valence electrons. The number of aliphatic hydroxyl groups is 1. The van der Waals surface area contributed by atoms with E-state index in [9.17, 15) is 14.7 Å². The molecule has 0 saturated heterocycles. The Morgan fingerprint density at radius 2 is 2.03 bits per heavy atom. The molecule has 6 atom stereocenters. The second-order valence-corrected chi connectivity index (χ2v) is 10.7. The van der Waals surface area contributed by atoms with Gasteiger partial charge in [-0.25, -0.2) is 9.59 Å². The Bertz CT molecular complexity index is 979. The van der Waals surface area contributed by atoms with Gasteiger partial charge in [0.05, 0.1) is 24.9 Å². The van der Waals surface area contributed by atoms with E-state index in [1.54, 1.807) is 6.08 Å². The second kappa shape index (κ2) is 15.1. The van der Waals surface area contributed by atoms with E-state index in [-0.39, 0.29) is 24.5 Å². The van der Waals surface area contributed by atoms with Crippen LogP contribution in [0.4, 0.5) is 0 Å². The second-order valence-electron chi connectivity index (χ2n) is 9.78. The van der Waals surface area contributed by atoms with Crippen molar-refractivity contribution in [1.82, 2.24) is 0 Å². The number of rotatable bonds is 8. The summed E-state index contributed by atoms with van der Waals surface area (Å²) in [5.41, 5.74) is 0.648. The van der Waals surface area contributed by atoms with Gasteiger partial charge in [0.15, 0.2) is 6.10 Å². The van der Waals surface area contributed by atoms with Gasteiger partial charge in [-0.3, -0.25) is 0 Å². The fourth-order valence-corrected chi connectivity index (χ4v) is 5.13. The number of carbonyl (C=O) groups is 2. The molecule has 1 aromatic carbocycles. The molecule has 1 unspecified atom stereocenters. The number of unbranched alkanes of at least 4 members (excludes halogenated alkanes) is 2. The Balaban J connectivity index is 1.88. The number of benzene rings is 1. The van der Waals surface area contributed by atoms with Crippen molar-refractivity contribution in [2.75, 3.05) is 6.61 Å². The third kappa shape index (κ3) is 9.45. The fraction of sp³-hybridized carbons (Fsp3) is 0.533. The van der Waals surface area contributed by atoms with Crippen LogP contribution in [-0.2, 0) is 23.8 Å². The first-order valence-electron chi connectivity index (χ1n) is 13.1. The van der Waals surface area contributed by atoms with Gasteiger partial charge >= 0.3 is 11.9 Å². The number of allylic oxidation sites excluding steroid dienone is 2. The number of terminal acetylenes is 1. The molecule has 1 N–H and O–H groups in total. The van der Waals surface area contributed by atoms with Gasteiger partial charge in [0, 0.05) is 17.0 Å². The maximum atomic E-state index is 13.2. The van der Waals surface area contributed by atoms with Gasteiger partial charge in [-0.1, -0.05) is 40.2 Å². The summed E-state index contributed by atoms with van der Waals surface area (Å²) < 4.78 is 18.4. The lowest BCUT2D eigenvalue weighted by atomic mass is 9.89. The lowest BCUT2D eigenvalue weighted by Crippen LogP contribution is -2.31. The van der Waals surface area contributed by atoms with Gasteiger partial charge in [0.25, 0.3) is 0 Å². The van der Waals surface area contributed by atoms with E-state index in [2.05, 4.69) is 34.0 Å². The highest BCUT2D eigenvalue weighted by molar-refractivity contribution is 9.10. The molecule has 0 aromatic heterocycles. The lowest BCUT2D eigenvalue weighted by molar-refractivity contribution is -0.162. The number of fused-ring (bicyclic) bond motifs is 1. The number of ether oxygens (including phenoxy) is 3. The van der Waals surface area contributed by atoms with Gasteiger partial charge < -0.3 is 19.3 Å². The molecule has 3 rings (SSSR count). The third-order valence-corrected chi connectivity index (χ3v) is 7.33. The van der Waals surface area contributed by atoms with Crippen molar-refractivity contribution < 1.29 is 28.9 Å². The summed E-state index contributed by atoms with van der Waals surface area (Å²) in [5.74, 6) is 1.59. The number of carbonyl (C=O) groups excluding carboxylic acids is 2. The lowest BCUT2D eigenvalue weighted by Gasteiger charge is -2.29. The van der Waals surface area contributed by atoms with E-state index in [1.165, 1.54) is 6.08 Å². The van der Waals surface area contributed by atoms with E-state index in [0.717, 1.165) is 30.2 Å². The zero-order chi connectivity index (χ0) is 26.6. The molecule has 0 spiro atoms. The van der Waals surface area contributed by atoms with Crippen LogP contribution in [-0.4, -0.2) is 42.0 Å². The molecule has 0 radical (unpaired) electrons. The average molecular weight is 574 g/mol. The summed E-state index contributed by atoms with van der Waals surface area (Å²) in [4.78, 5) is 25.8. The molecule has 1 aliphatic carbocycles. The number of esters is 2. The summed E-state index contributed by atoms with van der Waals surface area (Å²) in [7, 11) is 0. The van der Waals surface area contributed by atoms with Gasteiger partial charge in [0.1, 0.15) is 0 Å². The van der Waals surface area contributed by atoms with E-state index in [4.69, 9.17) is 20.6 Å². The molecule has 2 aliphatic rings. The Kier molecular flexibility index (Phi) is 11.9. The van der Waals surface area contributed by atoms with Gasteiger partial charge in [-0.2, -0.15) is 0 Å². The summed E-state index contributed by atoms with van der Waals surface area (Å²) in [6.45, 7) is 2.13. The zero-order valence-electron chi connectivity index (χ0n) is 21.4. The molecular formula is C30H37BrO6. The third-order valence-electron chi connectivity index (χ3n) is 6.80. The monoisotopic (exact) mass is 572 g/mol. The highest BCUT2D eigenvalue weighted by Gasteiger charge is 2.39. The summed E-state index contributed by atoms with van der Waals surface area (Å²) in [6.07, 6.45) is 16.1. The van der Waals surface area contributed by atoms with E-state index < -0.39 is 30.3 Å². The van der Waals surface area contributed by atoms with Gasteiger partial charge in [0.2, 0.25) is 0 Å². The van der Waals surface area contributed by atoms with E-state index in [1.807, 2.05) is 31.2 Å². The maximum absolute atomic E-state index is 13.2. The minimum absolute atomic E-state index is 0.0594. The van der Waals surface area contributed by atoms with Crippen LogP contribution in [0, 0.1) is 24.2 Å². The zero-order valence-corrected chi connectivity index (χ0v) is 23.0. The molecule has 1 heterocycles. The number of aliphatic hydroxyl groups excluding tert-OH is 1. The first kappa shape index (κ1) is 29.2. The van der Waals surface area contributed by atoms with Crippen LogP contribution in [0.5, 0.6) is 0 Å². The van der Waals surface area contributed by atoms with Crippen molar-refractivity contribution >= 4 is 27.9 Å². The van der Waals surface area contributed by atoms with Crippen LogP contribution < -0.4 is 0 Å². The van der Waals surface area contributed by atoms with Gasteiger partial charge in [-0.05, 0) is 87.5 Å². The Labute approximate surface area is 228 Å². The largest absolute Gasteiger partial charge is 0.464 e. The maximum Gasteiger partial charge on any atom is 0.339 e. The molecule has 37 heavy (non-hydrogen) atoms. The Morgan fingerprint density at radius 1 is 1.24 bits per heavy atom. The van der Waals surface area contributed by atoms with Gasteiger partial charge in [-0.15, -0.1) is 12.3 Å². The number of hydrogen-bond acceptors (Lipinski definition) is 6. The standard InChI is InChI=1S/C30H37BrO6/c1-3-4-5-9-18-35-30(34)29(22-12-14-24(31)15-13-22)37-27-16-17-28(33)36-21(2)10-7-6-8-11-23-19-25(32)20-26(23)27/h1,8,11-17,21,23,25-27,29,32H,4-7,9-10,18-20H2,2H3/b11-8+,17-16+/t21-,23+,25-,26+,27+,29?/m0/s1. The highest BCUT2D eigenvalue weighted by Crippen LogP contribution is 2.39. The van der Waals surface area contributed by atoms with Crippen molar-refractivity contribution in [1.29, 1.82) is 0 Å². The van der Waals surface area contributed by atoms with Crippen LogP contribution >= 0.6 is 15.9 Å². The van der Waals surface area contributed by atoms with Crippen molar-refractivity contribution in [2.45, 2.75) is 82.7 Å².